The third kappa shape index (κ3) is 4.43. The van der Waals surface area contributed by atoms with Crippen molar-refractivity contribution in [1.29, 1.82) is 0 Å². The van der Waals surface area contributed by atoms with Crippen molar-refractivity contribution >= 4 is 43.0 Å². The molecule has 0 bridgehead atoms. The maximum Gasteiger partial charge on any atom is 0.275 e. The van der Waals surface area contributed by atoms with Crippen LogP contribution in [0.4, 0.5) is 11.4 Å². The summed E-state index contributed by atoms with van der Waals surface area (Å²) in [5.41, 5.74) is -0.291. The van der Waals surface area contributed by atoms with Gasteiger partial charge in [-0.3, -0.25) is 14.8 Å². The Morgan fingerprint density at radius 2 is 1.75 bits per heavy atom. The number of hydrogen-bond acceptors (Lipinski definition) is 6. The van der Waals surface area contributed by atoms with E-state index < -0.39 is 35.6 Å². The number of hydrogen-bond donors (Lipinski definition) is 2. The Morgan fingerprint density at radius 3 is 2.36 bits per heavy atom. The van der Waals surface area contributed by atoms with Crippen molar-refractivity contribution in [3.63, 3.8) is 0 Å². The molecule has 0 radical (unpaired) electrons. The molecule has 2 aromatic carbocycles. The first-order chi connectivity index (χ1) is 13.0. The van der Waals surface area contributed by atoms with Crippen molar-refractivity contribution < 1.29 is 21.8 Å². The number of benzene rings is 2. The molecule has 1 saturated carbocycles. The molecule has 3 rings (SSSR count). The van der Waals surface area contributed by atoms with E-state index in [4.69, 9.17) is 11.6 Å². The molecular weight excluding hydrogens is 430 g/mol. The minimum atomic E-state index is -4.24. The average Bonchev–Trinajstić information content (AvgIpc) is 3.40. The van der Waals surface area contributed by atoms with Crippen LogP contribution in [0, 0.1) is 17.0 Å². The normalized spacial score (nSPS) is 14.6. The lowest BCUT2D eigenvalue weighted by Gasteiger charge is -2.11. The number of rotatable bonds is 7. The lowest BCUT2D eigenvalue weighted by Crippen LogP contribution is -2.25. The number of nitro groups is 1. The fourth-order valence-electron chi connectivity index (χ4n) is 2.41. The number of anilines is 1. The molecule has 9 nitrogen and oxygen atoms in total. The summed E-state index contributed by atoms with van der Waals surface area (Å²) in [6.07, 6.45) is 1.52. The van der Waals surface area contributed by atoms with Gasteiger partial charge in [-0.05, 0) is 44.0 Å². The van der Waals surface area contributed by atoms with Gasteiger partial charge in [0.15, 0.2) is 0 Å². The van der Waals surface area contributed by atoms with Crippen LogP contribution in [0.15, 0.2) is 46.2 Å². The molecule has 0 aliphatic heterocycles. The van der Waals surface area contributed by atoms with E-state index in [0.717, 1.165) is 25.0 Å². The Kier molecular flexibility index (Phi) is 5.36. The highest BCUT2D eigenvalue weighted by Gasteiger charge is 2.28. The van der Waals surface area contributed by atoms with Gasteiger partial charge in [0.1, 0.15) is 0 Å². The maximum atomic E-state index is 12.6. The number of sulfonamides is 2. The van der Waals surface area contributed by atoms with Gasteiger partial charge >= 0.3 is 0 Å². The van der Waals surface area contributed by atoms with Crippen molar-refractivity contribution in [2.24, 2.45) is 0 Å². The van der Waals surface area contributed by atoms with E-state index in [-0.39, 0.29) is 27.2 Å². The van der Waals surface area contributed by atoms with Crippen LogP contribution in [-0.2, 0) is 20.0 Å². The van der Waals surface area contributed by atoms with E-state index >= 15 is 0 Å². The van der Waals surface area contributed by atoms with E-state index in [9.17, 15) is 26.9 Å². The van der Waals surface area contributed by atoms with Gasteiger partial charge in [0.05, 0.1) is 25.4 Å². The fraction of sp³-hybridized carbons (Fsp3) is 0.250. The second-order valence-electron chi connectivity index (χ2n) is 6.34. The predicted octanol–water partition coefficient (Wildman–Crippen LogP) is 2.80. The first-order valence-electron chi connectivity index (χ1n) is 8.09. The summed E-state index contributed by atoms with van der Waals surface area (Å²) in [6, 6.07) is 7.19. The van der Waals surface area contributed by atoms with Gasteiger partial charge in [-0.2, -0.15) is 0 Å². The fourth-order valence-corrected chi connectivity index (χ4v) is 5.14. The molecule has 12 heteroatoms. The van der Waals surface area contributed by atoms with Crippen molar-refractivity contribution in [2.75, 3.05) is 4.72 Å². The summed E-state index contributed by atoms with van der Waals surface area (Å²) in [6.45, 7) is 1.41. The lowest BCUT2D eigenvalue weighted by molar-refractivity contribution is -0.385. The van der Waals surface area contributed by atoms with Gasteiger partial charge in [-0.25, -0.2) is 21.6 Å². The largest absolute Gasteiger partial charge is 0.280 e. The SMILES string of the molecule is Cc1c(Cl)cc(S(=O)(=O)Nc2cccc(S(=O)(=O)NC3CC3)c2)cc1[N+](=O)[O-]. The monoisotopic (exact) mass is 445 g/mol. The van der Waals surface area contributed by atoms with Crippen molar-refractivity contribution in [2.45, 2.75) is 35.6 Å². The van der Waals surface area contributed by atoms with Gasteiger partial charge in [0.2, 0.25) is 10.0 Å². The molecule has 0 saturated heterocycles. The highest BCUT2D eigenvalue weighted by molar-refractivity contribution is 7.92. The molecule has 2 aromatic rings. The van der Waals surface area contributed by atoms with Crippen LogP contribution in [-0.4, -0.2) is 27.8 Å². The van der Waals surface area contributed by atoms with E-state index in [2.05, 4.69) is 9.44 Å². The van der Waals surface area contributed by atoms with E-state index in [1.807, 2.05) is 0 Å². The van der Waals surface area contributed by atoms with Crippen LogP contribution in [0.25, 0.3) is 0 Å². The van der Waals surface area contributed by atoms with Crippen molar-refractivity contribution in [1.82, 2.24) is 4.72 Å². The molecule has 0 amide bonds. The van der Waals surface area contributed by atoms with Crippen LogP contribution in [0.3, 0.4) is 0 Å². The highest BCUT2D eigenvalue weighted by Crippen LogP contribution is 2.31. The third-order valence-corrected chi connectivity index (χ3v) is 7.36. The number of nitrogens with zero attached hydrogens (tertiary/aromatic N) is 1. The van der Waals surface area contributed by atoms with Crippen molar-refractivity contribution in [3.8, 4) is 0 Å². The number of nitro benzene ring substituents is 1. The molecule has 1 aliphatic carbocycles. The lowest BCUT2D eigenvalue weighted by atomic mass is 10.2. The van der Waals surface area contributed by atoms with Gasteiger partial charge in [0, 0.05) is 17.7 Å². The second kappa shape index (κ2) is 7.32. The van der Waals surface area contributed by atoms with Crippen LogP contribution < -0.4 is 9.44 Å². The zero-order chi connectivity index (χ0) is 20.7. The van der Waals surface area contributed by atoms with Gasteiger partial charge < -0.3 is 0 Å². The Balaban J connectivity index is 1.93. The summed E-state index contributed by atoms with van der Waals surface area (Å²) < 4.78 is 54.6. The molecule has 150 valence electrons. The van der Waals surface area contributed by atoms with Gasteiger partial charge in [-0.15, -0.1) is 0 Å². The second-order valence-corrected chi connectivity index (χ2v) is 10.1. The standard InChI is InChI=1S/C16H16ClN3O6S2/c1-10-15(17)8-14(9-16(10)20(21)22)28(25,26)19-12-3-2-4-13(7-12)27(23,24)18-11-5-6-11/h2-4,7-9,11,18-19H,5-6H2,1H3. The van der Waals surface area contributed by atoms with Crippen LogP contribution in [0.1, 0.15) is 18.4 Å². The Hall–Kier alpha value is -2.21. The smallest absolute Gasteiger partial charge is 0.275 e. The van der Waals surface area contributed by atoms with Gasteiger partial charge in [-0.1, -0.05) is 17.7 Å². The predicted molar refractivity (Wildman–Crippen MR) is 103 cm³/mol. The first-order valence-corrected chi connectivity index (χ1v) is 11.4. The van der Waals surface area contributed by atoms with Crippen molar-refractivity contribution in [3.05, 3.63) is 57.1 Å². The summed E-state index contributed by atoms with van der Waals surface area (Å²) in [5.74, 6) is 0. The van der Waals surface area contributed by atoms with Crippen LogP contribution >= 0.6 is 11.6 Å². The molecule has 28 heavy (non-hydrogen) atoms. The number of halogens is 1. The summed E-state index contributed by atoms with van der Waals surface area (Å²) in [7, 11) is -8.00. The Labute approximate surface area is 167 Å². The highest BCUT2D eigenvalue weighted by atomic mass is 35.5. The van der Waals surface area contributed by atoms with Crippen LogP contribution in [0.5, 0.6) is 0 Å². The number of nitrogens with one attached hydrogen (secondary N) is 2. The quantitative estimate of drug-likeness (QED) is 0.496. The molecule has 2 N–H and O–H groups in total. The first kappa shape index (κ1) is 20.5. The zero-order valence-corrected chi connectivity index (χ0v) is 16.9. The van der Waals surface area contributed by atoms with E-state index in [1.54, 1.807) is 0 Å². The summed E-state index contributed by atoms with van der Waals surface area (Å²) in [5, 5.41) is 11.0. The summed E-state index contributed by atoms with van der Waals surface area (Å²) >= 11 is 5.93. The molecule has 0 atom stereocenters. The van der Waals surface area contributed by atoms with E-state index in [1.165, 1.54) is 31.2 Å². The third-order valence-electron chi connectivity index (χ3n) is 4.09. The van der Waals surface area contributed by atoms with Crippen LogP contribution in [0.2, 0.25) is 5.02 Å². The molecule has 0 aromatic heterocycles. The molecular formula is C16H16ClN3O6S2. The van der Waals surface area contributed by atoms with Gasteiger partial charge in [0.25, 0.3) is 15.7 Å². The summed E-state index contributed by atoms with van der Waals surface area (Å²) in [4.78, 5) is 9.90. The van der Waals surface area contributed by atoms with E-state index in [0.29, 0.717) is 0 Å². The topological polar surface area (TPSA) is 135 Å². The molecule has 0 spiro atoms. The minimum absolute atomic E-state index is 0.00183. The molecule has 0 unspecified atom stereocenters. The molecule has 1 fully saturated rings. The zero-order valence-electron chi connectivity index (χ0n) is 14.5. The Morgan fingerprint density at radius 1 is 1.07 bits per heavy atom. The Bertz CT molecular complexity index is 1160. The molecule has 1 aliphatic rings. The minimum Gasteiger partial charge on any atom is -0.280 e. The average molecular weight is 446 g/mol. The maximum absolute atomic E-state index is 12.6. The molecule has 0 heterocycles.